The number of amides is 1. The van der Waals surface area contributed by atoms with Crippen LogP contribution in [-0.4, -0.2) is 63.2 Å². The Kier molecular flexibility index (Phi) is 19.1. The second-order valence-electron chi connectivity index (χ2n) is 26.6. The van der Waals surface area contributed by atoms with Gasteiger partial charge >= 0.3 is 0 Å². The van der Waals surface area contributed by atoms with Crippen LogP contribution in [-0.2, 0) is 9.53 Å². The minimum absolute atomic E-state index is 0.0296. The highest BCUT2D eigenvalue weighted by Gasteiger charge is 2.64. The molecule has 7 unspecified atom stereocenters. The van der Waals surface area contributed by atoms with Crippen molar-refractivity contribution in [2.45, 2.75) is 229 Å². The summed E-state index contributed by atoms with van der Waals surface area (Å²) < 4.78 is 6.82. The van der Waals surface area contributed by atoms with E-state index in [9.17, 15) is 15.0 Å². The third-order valence-corrected chi connectivity index (χ3v) is 23.9. The molecule has 3 saturated carbocycles. The molecule has 2 saturated heterocycles. The van der Waals surface area contributed by atoms with Crippen LogP contribution < -0.4 is 4.90 Å². The molecule has 2 heterocycles. The number of carbonyl (C=O) groups excluding carboxylic acids is 1. The summed E-state index contributed by atoms with van der Waals surface area (Å²) in [5, 5.41) is 22.4. The van der Waals surface area contributed by atoms with Crippen LogP contribution in [0.3, 0.4) is 0 Å². The van der Waals surface area contributed by atoms with Crippen LogP contribution >= 0.6 is 23.5 Å². The van der Waals surface area contributed by atoms with Gasteiger partial charge in [-0.2, -0.15) is 0 Å². The highest BCUT2D eigenvalue weighted by molar-refractivity contribution is 8.20. The fourth-order valence-electron chi connectivity index (χ4n) is 15.9. The average Bonchev–Trinajstić information content (AvgIpc) is 3.85. The monoisotopic (exact) mass is 1100 g/mol. The van der Waals surface area contributed by atoms with Gasteiger partial charge in [-0.25, -0.2) is 0 Å². The maximum Gasteiger partial charge on any atom is 0.254 e. The van der Waals surface area contributed by atoms with Crippen molar-refractivity contribution in [3.63, 3.8) is 0 Å². The van der Waals surface area contributed by atoms with E-state index in [0.717, 1.165) is 44.2 Å². The lowest BCUT2D eigenvalue weighted by atomic mass is 9.57. The van der Waals surface area contributed by atoms with Gasteiger partial charge in [0.1, 0.15) is 5.60 Å². The second kappa shape index (κ2) is 24.4. The number of fused-ring (bicyclic) bond motifs is 8. The van der Waals surface area contributed by atoms with Crippen LogP contribution in [0.4, 0.5) is 5.69 Å². The van der Waals surface area contributed by atoms with E-state index in [4.69, 9.17) is 4.74 Å². The summed E-state index contributed by atoms with van der Waals surface area (Å²) in [4.78, 5) is 14.9. The van der Waals surface area contributed by atoms with Crippen molar-refractivity contribution in [2.75, 3.05) is 23.5 Å². The summed E-state index contributed by atoms with van der Waals surface area (Å²) in [6.07, 6.45) is 30.4. The Morgan fingerprint density at radius 1 is 0.628 bits per heavy atom. The molecule has 9 atom stereocenters. The summed E-state index contributed by atoms with van der Waals surface area (Å²) in [6.45, 7) is 33.9. The van der Waals surface area contributed by atoms with Crippen LogP contribution in [0, 0.1) is 45.3 Å². The van der Waals surface area contributed by atoms with Crippen LogP contribution in [0.15, 0.2) is 134 Å². The smallest absolute Gasteiger partial charge is 0.254 e. The molecule has 1 aromatic rings. The van der Waals surface area contributed by atoms with Gasteiger partial charge in [0.25, 0.3) is 5.91 Å². The SMILES string of the molecule is CC.CC.CC(C)C1=C2C3=CC=C(C(=O)N(C)c4ccccc4)CC(O)C3CCC2(C)CC1.CC(C)C1=C2C3=CC=C(C4SCCS4)CC(O)[C@]3(C)CCC2(C)CC1.CC1=CC=C2C3=C(C(C)C)CCC3(C)CC[C@]23OC3C1. The number of allylic oxidation sites excluding steroid dienone is 11. The van der Waals surface area contributed by atoms with Crippen molar-refractivity contribution in [3.05, 3.63) is 134 Å². The number of rotatable bonds is 6. The largest absolute Gasteiger partial charge is 0.392 e. The maximum absolute atomic E-state index is 13.2. The van der Waals surface area contributed by atoms with Gasteiger partial charge in [0.05, 0.1) is 22.9 Å². The topological polar surface area (TPSA) is 73.3 Å². The minimum Gasteiger partial charge on any atom is -0.392 e. The van der Waals surface area contributed by atoms with Crippen molar-refractivity contribution in [3.8, 4) is 0 Å². The van der Waals surface area contributed by atoms with Gasteiger partial charge in [-0.3, -0.25) is 4.79 Å². The van der Waals surface area contributed by atoms with E-state index in [0.29, 0.717) is 51.3 Å². The number of nitrogens with zero attached hydrogens (tertiary/aromatic N) is 1. The first-order valence-electron chi connectivity index (χ1n) is 31.1. The molecule has 12 rings (SSSR count). The normalized spacial score (nSPS) is 34.4. The van der Waals surface area contributed by atoms with E-state index in [1.54, 1.807) is 38.3 Å². The third kappa shape index (κ3) is 11.4. The van der Waals surface area contributed by atoms with Gasteiger partial charge in [0, 0.05) is 47.6 Å². The summed E-state index contributed by atoms with van der Waals surface area (Å²) in [7, 11) is 1.81. The molecule has 1 spiro atoms. The van der Waals surface area contributed by atoms with E-state index in [2.05, 4.69) is 130 Å². The average molecular weight is 1100 g/mol. The van der Waals surface area contributed by atoms with Crippen LogP contribution in [0.5, 0.6) is 0 Å². The quantitative estimate of drug-likeness (QED) is 0.277. The first-order valence-corrected chi connectivity index (χ1v) is 33.2. The fraction of sp³-hybridized carbons (Fsp3) is 0.648. The van der Waals surface area contributed by atoms with Crippen molar-refractivity contribution in [1.82, 2.24) is 0 Å². The number of benzene rings is 1. The van der Waals surface area contributed by atoms with E-state index >= 15 is 0 Å². The fourth-order valence-corrected chi connectivity index (χ4v) is 18.8. The Morgan fingerprint density at radius 3 is 1.76 bits per heavy atom. The number of hydrogen-bond acceptors (Lipinski definition) is 6. The van der Waals surface area contributed by atoms with Crippen LogP contribution in [0.1, 0.15) is 200 Å². The molecule has 2 aliphatic heterocycles. The Balaban J connectivity index is 0.000000152. The Labute approximate surface area is 483 Å². The molecule has 7 heteroatoms. The molecule has 9 aliphatic carbocycles. The lowest BCUT2D eigenvalue weighted by Gasteiger charge is -2.48. The molecule has 428 valence electrons. The van der Waals surface area contributed by atoms with Crippen molar-refractivity contribution < 1.29 is 19.7 Å². The number of para-hydroxylation sites is 1. The van der Waals surface area contributed by atoms with E-state index < -0.39 is 6.10 Å². The van der Waals surface area contributed by atoms with Crippen LogP contribution in [0.2, 0.25) is 0 Å². The summed E-state index contributed by atoms with van der Waals surface area (Å²) in [6, 6.07) is 9.70. The maximum atomic E-state index is 13.2. The zero-order valence-electron chi connectivity index (χ0n) is 51.5. The molecule has 78 heavy (non-hydrogen) atoms. The molecule has 5 fully saturated rings. The number of likely N-dealkylation sites (N-methyl/N-ethyl adjacent to an activating group) is 1. The number of aliphatic hydroxyl groups excluding tert-OH is 2. The molecule has 11 aliphatic rings. The zero-order chi connectivity index (χ0) is 56.7. The van der Waals surface area contributed by atoms with Gasteiger partial charge in [-0.15, -0.1) is 23.5 Å². The zero-order valence-corrected chi connectivity index (χ0v) is 53.1. The predicted octanol–water partition coefficient (Wildman–Crippen LogP) is 18.4. The molecule has 0 radical (unpaired) electrons. The Morgan fingerprint density at radius 2 is 1.17 bits per heavy atom. The first-order chi connectivity index (χ1) is 37.1. The lowest BCUT2D eigenvalue weighted by molar-refractivity contribution is -0.115. The van der Waals surface area contributed by atoms with Gasteiger partial charge < -0.3 is 19.8 Å². The molecule has 1 aromatic carbocycles. The number of epoxide rings is 1. The van der Waals surface area contributed by atoms with Gasteiger partial charge in [0.15, 0.2) is 0 Å². The minimum atomic E-state index is -0.505. The van der Waals surface area contributed by atoms with E-state index in [1.165, 1.54) is 90.7 Å². The molecule has 2 N–H and O–H groups in total. The summed E-state index contributed by atoms with van der Waals surface area (Å²) in [5.74, 6) is 4.42. The van der Waals surface area contributed by atoms with Crippen molar-refractivity contribution >= 4 is 35.1 Å². The first kappa shape index (κ1) is 61.0. The number of hydrogen-bond donors (Lipinski definition) is 2. The predicted molar refractivity (Wildman–Crippen MR) is 336 cm³/mol. The number of ether oxygens (including phenoxy) is 1. The lowest BCUT2D eigenvalue weighted by Crippen LogP contribution is -2.42. The molecule has 0 bridgehead atoms. The summed E-state index contributed by atoms with van der Waals surface area (Å²) >= 11 is 4.12. The number of aliphatic hydroxyl groups is 2. The van der Waals surface area contributed by atoms with Gasteiger partial charge in [0.2, 0.25) is 0 Å². The van der Waals surface area contributed by atoms with Crippen LogP contribution in [0.25, 0.3) is 0 Å². The molecular weight excluding hydrogens is 995 g/mol. The summed E-state index contributed by atoms with van der Waals surface area (Å²) in [5.41, 5.74) is 19.5. The molecular formula is C71H103NO4S2. The third-order valence-electron chi connectivity index (χ3n) is 20.7. The highest BCUT2D eigenvalue weighted by Crippen LogP contribution is 2.66. The Hall–Kier alpha value is -3.07. The number of thioether (sulfide) groups is 2. The van der Waals surface area contributed by atoms with E-state index in [-0.39, 0.29) is 34.4 Å². The number of carbonyl (C=O) groups is 1. The van der Waals surface area contributed by atoms with Gasteiger partial charge in [-0.1, -0.05) is 174 Å². The Bertz CT molecular complexity index is 2690. The molecule has 5 nitrogen and oxygen atoms in total. The number of anilines is 1. The molecule has 1 amide bonds. The molecule has 0 aromatic heterocycles. The highest BCUT2D eigenvalue weighted by atomic mass is 32.2. The van der Waals surface area contributed by atoms with Crippen molar-refractivity contribution in [1.29, 1.82) is 0 Å². The standard InChI is InChI=1S/C26H33NO2.C22H32OS2.C19H26O.2C2H6/c1-17(2)20-12-14-26(3)15-13-21-22(24(20)26)11-10-18(16-23(21)28)25(29)27(4)19-8-6-5-7-9-19;1-14(2)16-7-8-21(3)9-10-22(4)17(19(16)21)6-5-15(13-18(22)23)20-24-11-12-25-20;1-12(2)14-7-8-18(4)9-10-19-15(17(14)18)6-5-13(3)11-16(19)20-19;2*1-2/h5-11,17,21,23,28H,12-16H2,1-4H3;5-6,14,18,20,23H,7-13H2,1-4H3;5-6,12,16H,7-11H2,1-4H3;2*1-2H3/t;18?,21?,22-;16?,18?,19-;;/m.10../s1. The van der Waals surface area contributed by atoms with Crippen molar-refractivity contribution in [2.24, 2.45) is 45.3 Å². The van der Waals surface area contributed by atoms with Gasteiger partial charge in [-0.05, 0) is 182 Å². The second-order valence-corrected chi connectivity index (χ2v) is 29.3. The van der Waals surface area contributed by atoms with E-state index in [1.807, 2.05) is 71.2 Å².